The fraction of sp³-hybridized carbons (Fsp3) is 0.100. The summed E-state index contributed by atoms with van der Waals surface area (Å²) in [6, 6.07) is 4.62. The van der Waals surface area contributed by atoms with Crippen molar-refractivity contribution in [3.05, 3.63) is 34.7 Å². The molecule has 0 aliphatic rings. The maximum absolute atomic E-state index is 11.8. The van der Waals surface area contributed by atoms with Crippen LogP contribution in [0, 0.1) is 6.92 Å². The first-order valence-electron chi connectivity index (χ1n) is 4.73. The van der Waals surface area contributed by atoms with Crippen molar-refractivity contribution in [1.82, 2.24) is 10.2 Å². The van der Waals surface area contributed by atoms with Gasteiger partial charge in [-0.05, 0) is 18.2 Å². The van der Waals surface area contributed by atoms with Gasteiger partial charge in [0.15, 0.2) is 0 Å². The van der Waals surface area contributed by atoms with Crippen molar-refractivity contribution >= 4 is 29.2 Å². The van der Waals surface area contributed by atoms with Crippen LogP contribution < -0.4 is 11.1 Å². The van der Waals surface area contributed by atoms with Crippen LogP contribution in [0.2, 0.25) is 5.02 Å². The summed E-state index contributed by atoms with van der Waals surface area (Å²) in [6.45, 7) is 1.62. The zero-order valence-corrected chi connectivity index (χ0v) is 9.65. The molecule has 6 nitrogen and oxygen atoms in total. The maximum atomic E-state index is 11.8. The standard InChI is InChI=1S/C10H9ClN4O2/c1-5-14-15-10(17-5)13-9(16)7-3-2-6(11)4-8(7)12/h2-4H,12H2,1H3,(H,13,15,16). The van der Waals surface area contributed by atoms with Crippen molar-refractivity contribution in [3.8, 4) is 0 Å². The van der Waals surface area contributed by atoms with Gasteiger partial charge >= 0.3 is 6.01 Å². The second kappa shape index (κ2) is 4.42. The number of amides is 1. The molecule has 3 N–H and O–H groups in total. The molecular weight excluding hydrogens is 244 g/mol. The second-order valence-electron chi connectivity index (χ2n) is 3.31. The summed E-state index contributed by atoms with van der Waals surface area (Å²) in [5.74, 6) is -0.0628. The van der Waals surface area contributed by atoms with Gasteiger partial charge in [-0.3, -0.25) is 10.1 Å². The molecule has 1 aromatic carbocycles. The molecular formula is C10H9ClN4O2. The number of halogens is 1. The quantitative estimate of drug-likeness (QED) is 0.796. The maximum Gasteiger partial charge on any atom is 0.322 e. The molecule has 0 aliphatic carbocycles. The summed E-state index contributed by atoms with van der Waals surface area (Å²) < 4.78 is 5.02. The van der Waals surface area contributed by atoms with Crippen LogP contribution in [-0.2, 0) is 0 Å². The SMILES string of the molecule is Cc1nnc(NC(=O)c2ccc(Cl)cc2N)o1. The molecule has 0 aliphatic heterocycles. The van der Waals surface area contributed by atoms with E-state index in [1.165, 1.54) is 12.1 Å². The van der Waals surface area contributed by atoms with E-state index in [9.17, 15) is 4.79 Å². The molecule has 0 atom stereocenters. The Hall–Kier alpha value is -2.08. The van der Waals surface area contributed by atoms with Crippen LogP contribution in [-0.4, -0.2) is 16.1 Å². The van der Waals surface area contributed by atoms with E-state index in [0.29, 0.717) is 16.5 Å². The first-order chi connectivity index (χ1) is 8.06. The Bertz CT molecular complexity index is 567. The van der Waals surface area contributed by atoms with Gasteiger partial charge in [0.05, 0.1) is 5.56 Å². The molecule has 0 spiro atoms. The highest BCUT2D eigenvalue weighted by atomic mass is 35.5. The number of hydrogen-bond acceptors (Lipinski definition) is 5. The van der Waals surface area contributed by atoms with E-state index in [1.54, 1.807) is 13.0 Å². The van der Waals surface area contributed by atoms with E-state index >= 15 is 0 Å². The average molecular weight is 253 g/mol. The average Bonchev–Trinajstić information content (AvgIpc) is 2.63. The molecule has 2 aromatic rings. The number of nitrogens with two attached hydrogens (primary N) is 1. The molecule has 0 bridgehead atoms. The van der Waals surface area contributed by atoms with Crippen molar-refractivity contribution in [1.29, 1.82) is 0 Å². The Balaban J connectivity index is 2.20. The molecule has 1 heterocycles. The smallest absolute Gasteiger partial charge is 0.322 e. The summed E-state index contributed by atoms with van der Waals surface area (Å²) in [7, 11) is 0. The lowest BCUT2D eigenvalue weighted by molar-refractivity contribution is 0.102. The number of aromatic nitrogens is 2. The number of nitrogens with one attached hydrogen (secondary N) is 1. The number of carbonyl (C=O) groups excluding carboxylic acids is 1. The molecule has 0 saturated heterocycles. The van der Waals surface area contributed by atoms with Gasteiger partial charge in [0, 0.05) is 17.6 Å². The fourth-order valence-corrected chi connectivity index (χ4v) is 1.43. The molecule has 0 radical (unpaired) electrons. The van der Waals surface area contributed by atoms with Gasteiger partial charge in [-0.2, -0.15) is 0 Å². The molecule has 0 saturated carbocycles. The molecule has 0 unspecified atom stereocenters. The zero-order valence-electron chi connectivity index (χ0n) is 8.90. The van der Waals surface area contributed by atoms with Crippen molar-refractivity contribution in [2.75, 3.05) is 11.1 Å². The van der Waals surface area contributed by atoms with E-state index in [0.717, 1.165) is 0 Å². The largest absolute Gasteiger partial charge is 0.408 e. The van der Waals surface area contributed by atoms with E-state index in [1.807, 2.05) is 0 Å². The third-order valence-electron chi connectivity index (χ3n) is 2.00. The summed E-state index contributed by atoms with van der Waals surface area (Å²) in [6.07, 6.45) is 0. The van der Waals surface area contributed by atoms with Crippen LogP contribution in [0.1, 0.15) is 16.2 Å². The Kier molecular flexibility index (Phi) is 2.97. The molecule has 7 heteroatoms. The van der Waals surface area contributed by atoms with E-state index in [-0.39, 0.29) is 11.7 Å². The molecule has 1 amide bonds. The normalized spacial score (nSPS) is 10.2. The van der Waals surface area contributed by atoms with Crippen LogP contribution in [0.3, 0.4) is 0 Å². The van der Waals surface area contributed by atoms with Gasteiger partial charge in [-0.15, -0.1) is 5.10 Å². The van der Waals surface area contributed by atoms with E-state index in [2.05, 4.69) is 15.5 Å². The summed E-state index contributed by atoms with van der Waals surface area (Å²) >= 11 is 5.73. The van der Waals surface area contributed by atoms with Crippen molar-refractivity contribution < 1.29 is 9.21 Å². The Morgan fingerprint density at radius 2 is 2.24 bits per heavy atom. The van der Waals surface area contributed by atoms with Crippen molar-refractivity contribution in [2.45, 2.75) is 6.92 Å². The predicted molar refractivity (Wildman–Crippen MR) is 62.9 cm³/mol. The first-order valence-corrected chi connectivity index (χ1v) is 5.10. The number of anilines is 2. The van der Waals surface area contributed by atoms with Gasteiger partial charge < -0.3 is 10.2 Å². The highest BCUT2D eigenvalue weighted by Crippen LogP contribution is 2.19. The lowest BCUT2D eigenvalue weighted by atomic mass is 10.2. The van der Waals surface area contributed by atoms with Crippen LogP contribution in [0.15, 0.2) is 22.6 Å². The number of nitrogen functional groups attached to an aromatic ring is 1. The number of rotatable bonds is 2. The Morgan fingerprint density at radius 1 is 1.47 bits per heavy atom. The van der Waals surface area contributed by atoms with Crippen LogP contribution >= 0.6 is 11.6 Å². The minimum absolute atomic E-state index is 0.0295. The predicted octanol–water partition coefficient (Wildman–Crippen LogP) is 1.87. The summed E-state index contributed by atoms with van der Waals surface area (Å²) in [5, 5.41) is 10.1. The lowest BCUT2D eigenvalue weighted by Gasteiger charge is -2.04. The van der Waals surface area contributed by atoms with Crippen LogP contribution in [0.4, 0.5) is 11.7 Å². The first kappa shape index (κ1) is 11.4. The third kappa shape index (κ3) is 2.54. The fourth-order valence-electron chi connectivity index (χ4n) is 1.25. The Morgan fingerprint density at radius 3 is 2.82 bits per heavy atom. The number of carbonyl (C=O) groups is 1. The van der Waals surface area contributed by atoms with Gasteiger partial charge in [0.25, 0.3) is 5.91 Å². The van der Waals surface area contributed by atoms with Crippen molar-refractivity contribution in [2.24, 2.45) is 0 Å². The highest BCUT2D eigenvalue weighted by Gasteiger charge is 2.13. The number of aryl methyl sites for hydroxylation is 1. The summed E-state index contributed by atoms with van der Waals surface area (Å²) in [4.78, 5) is 11.8. The third-order valence-corrected chi connectivity index (χ3v) is 2.24. The van der Waals surface area contributed by atoms with Crippen LogP contribution in [0.25, 0.3) is 0 Å². The number of benzene rings is 1. The van der Waals surface area contributed by atoms with Crippen LogP contribution in [0.5, 0.6) is 0 Å². The zero-order chi connectivity index (χ0) is 12.4. The number of hydrogen-bond donors (Lipinski definition) is 2. The summed E-state index contributed by atoms with van der Waals surface area (Å²) in [5.41, 5.74) is 6.25. The minimum atomic E-state index is -0.428. The second-order valence-corrected chi connectivity index (χ2v) is 3.75. The molecule has 0 fully saturated rings. The van der Waals surface area contributed by atoms with Gasteiger partial charge in [0.1, 0.15) is 0 Å². The van der Waals surface area contributed by atoms with Crippen molar-refractivity contribution in [3.63, 3.8) is 0 Å². The molecule has 88 valence electrons. The van der Waals surface area contributed by atoms with Gasteiger partial charge in [0.2, 0.25) is 5.89 Å². The van der Waals surface area contributed by atoms with E-state index in [4.69, 9.17) is 21.8 Å². The lowest BCUT2D eigenvalue weighted by Crippen LogP contribution is -2.14. The number of nitrogens with zero attached hydrogens (tertiary/aromatic N) is 2. The highest BCUT2D eigenvalue weighted by molar-refractivity contribution is 6.31. The topological polar surface area (TPSA) is 94.0 Å². The van der Waals surface area contributed by atoms with Gasteiger partial charge in [-0.25, -0.2) is 0 Å². The Labute approximate surface area is 102 Å². The molecule has 2 rings (SSSR count). The molecule has 17 heavy (non-hydrogen) atoms. The minimum Gasteiger partial charge on any atom is -0.408 e. The monoisotopic (exact) mass is 252 g/mol. The van der Waals surface area contributed by atoms with E-state index < -0.39 is 5.91 Å². The van der Waals surface area contributed by atoms with Gasteiger partial charge in [-0.1, -0.05) is 16.7 Å². The molecule has 1 aromatic heterocycles.